The molecule has 0 unspecified atom stereocenters. The number of fused-ring (bicyclic) bond motifs is 5. The van der Waals surface area contributed by atoms with Gasteiger partial charge in [0, 0.05) is 26.1 Å². The van der Waals surface area contributed by atoms with Crippen molar-refractivity contribution in [3.8, 4) is 0 Å². The summed E-state index contributed by atoms with van der Waals surface area (Å²) in [7, 11) is -3.52. The molecule has 0 aromatic carbocycles. The van der Waals surface area contributed by atoms with Gasteiger partial charge in [0.25, 0.3) is 0 Å². The Labute approximate surface area is 291 Å². The molecule has 5 aliphatic rings. The average molecular weight is 723 g/mol. The van der Waals surface area contributed by atoms with Crippen LogP contribution in [0, 0.1) is 52.3 Å². The molecular formula is C35H62O13S. The number of aliphatic hydroxyl groups excluding tert-OH is 5. The van der Waals surface area contributed by atoms with Gasteiger partial charge >= 0.3 is 10.4 Å². The van der Waals surface area contributed by atoms with Crippen molar-refractivity contribution in [2.45, 2.75) is 147 Å². The second-order valence-electron chi connectivity index (χ2n) is 17.0. The molecule has 5 fully saturated rings. The van der Waals surface area contributed by atoms with E-state index in [4.69, 9.17) is 18.4 Å². The minimum atomic E-state index is -4.94. The van der Waals surface area contributed by atoms with E-state index >= 15 is 0 Å². The van der Waals surface area contributed by atoms with Crippen LogP contribution in [-0.2, 0) is 28.8 Å². The molecule has 0 aromatic heterocycles. The standard InChI is InChI=1S/C35H62O13S/c1-18(2)20(11-14-36)8-7-19(3)26-29(48-49(42,43)44)28(40)31-34(26,5)13-10-25-33(4)12-9-21(15-22(33)23(37)16-35(25,31)41)47-32-30(45-6)27(39)24(38)17-46-32/h18-32,36-41H,7-17H2,1-6H3,(H,42,43,44)/t19-,20-,21+,22-,23+,24-,25-,26+,27+,28+,29-,30-,31-,32+,33+,34-,35+/m1/s1. The summed E-state index contributed by atoms with van der Waals surface area (Å²) in [6.45, 7) is 10.3. The monoisotopic (exact) mass is 722 g/mol. The molecule has 7 N–H and O–H groups in total. The Kier molecular flexibility index (Phi) is 11.9. The van der Waals surface area contributed by atoms with Crippen LogP contribution in [0.25, 0.3) is 0 Å². The molecule has 13 nitrogen and oxygen atoms in total. The van der Waals surface area contributed by atoms with Gasteiger partial charge in [0.05, 0.1) is 30.5 Å². The van der Waals surface area contributed by atoms with Crippen LogP contribution in [0.2, 0.25) is 0 Å². The van der Waals surface area contributed by atoms with Gasteiger partial charge in [-0.2, -0.15) is 8.42 Å². The molecule has 0 spiro atoms. The van der Waals surface area contributed by atoms with Crippen molar-refractivity contribution in [1.29, 1.82) is 0 Å². The molecule has 0 radical (unpaired) electrons. The predicted molar refractivity (Wildman–Crippen MR) is 177 cm³/mol. The van der Waals surface area contributed by atoms with Gasteiger partial charge in [-0.1, -0.05) is 41.0 Å². The second kappa shape index (κ2) is 14.7. The third-order valence-corrected chi connectivity index (χ3v) is 14.6. The van der Waals surface area contributed by atoms with E-state index in [2.05, 4.69) is 20.8 Å². The number of hydrogen-bond donors (Lipinski definition) is 7. The molecular weight excluding hydrogens is 660 g/mol. The lowest BCUT2D eigenvalue weighted by Crippen LogP contribution is -2.69. The summed E-state index contributed by atoms with van der Waals surface area (Å²) in [5.41, 5.74) is -2.83. The largest absolute Gasteiger partial charge is 0.397 e. The first-order valence-corrected chi connectivity index (χ1v) is 19.7. The summed E-state index contributed by atoms with van der Waals surface area (Å²) >= 11 is 0. The van der Waals surface area contributed by atoms with Crippen molar-refractivity contribution in [2.75, 3.05) is 20.3 Å². The fourth-order valence-corrected chi connectivity index (χ4v) is 12.3. The van der Waals surface area contributed by atoms with Crippen molar-refractivity contribution in [2.24, 2.45) is 52.3 Å². The van der Waals surface area contributed by atoms with E-state index in [1.54, 1.807) is 0 Å². The Morgan fingerprint density at radius 2 is 1.59 bits per heavy atom. The van der Waals surface area contributed by atoms with Crippen LogP contribution in [0.3, 0.4) is 0 Å². The fraction of sp³-hybridized carbons (Fsp3) is 1.00. The normalized spacial score (nSPS) is 48.4. The van der Waals surface area contributed by atoms with E-state index in [0.29, 0.717) is 50.9 Å². The highest BCUT2D eigenvalue weighted by Gasteiger charge is 2.73. The summed E-state index contributed by atoms with van der Waals surface area (Å²) in [4.78, 5) is 0. The first kappa shape index (κ1) is 39.7. The van der Waals surface area contributed by atoms with Crippen molar-refractivity contribution in [3.05, 3.63) is 0 Å². The molecule has 0 aromatic rings. The van der Waals surface area contributed by atoms with E-state index in [0.717, 1.165) is 6.42 Å². The molecule has 4 saturated carbocycles. The number of methoxy groups -OCH3 is 1. The van der Waals surface area contributed by atoms with E-state index in [1.165, 1.54) is 7.11 Å². The van der Waals surface area contributed by atoms with Crippen LogP contribution in [0.4, 0.5) is 0 Å². The lowest BCUT2D eigenvalue weighted by molar-refractivity contribution is -0.303. The number of hydrogen-bond acceptors (Lipinski definition) is 12. The van der Waals surface area contributed by atoms with Crippen LogP contribution in [-0.4, -0.2) is 119 Å². The molecule has 14 heteroatoms. The van der Waals surface area contributed by atoms with E-state index in [-0.39, 0.29) is 49.4 Å². The molecule has 49 heavy (non-hydrogen) atoms. The molecule has 5 rings (SSSR count). The molecule has 17 atom stereocenters. The summed E-state index contributed by atoms with van der Waals surface area (Å²) in [5.74, 6) is -1.43. The zero-order valence-corrected chi connectivity index (χ0v) is 30.7. The first-order valence-electron chi connectivity index (χ1n) is 18.3. The third kappa shape index (κ3) is 7.25. The Bertz CT molecular complexity index is 1240. The van der Waals surface area contributed by atoms with Gasteiger partial charge in [-0.15, -0.1) is 0 Å². The molecule has 0 bridgehead atoms. The highest BCUT2D eigenvalue weighted by molar-refractivity contribution is 7.80. The predicted octanol–water partition coefficient (Wildman–Crippen LogP) is 2.05. The van der Waals surface area contributed by atoms with Crippen molar-refractivity contribution in [1.82, 2.24) is 0 Å². The quantitative estimate of drug-likeness (QED) is 0.114. The maximum atomic E-state index is 12.9. The van der Waals surface area contributed by atoms with E-state index in [9.17, 15) is 43.6 Å². The SMILES string of the molecule is CO[C@H]1[C@H](O[C@H]2CC[C@@]3(C)[C@H](C2)[C@@H](O)C[C@]2(O)[C@@H]3CC[C@]3(C)[C@@H]([C@H](C)CC[C@H](CCO)C(C)C)[C@@H](OS(=O)(=O)O)[C@H](O)[C@H]32)OC[C@@H](O)[C@@H]1O. The molecule has 0 amide bonds. The van der Waals surface area contributed by atoms with E-state index in [1.807, 2.05) is 13.8 Å². The zero-order valence-electron chi connectivity index (χ0n) is 29.9. The van der Waals surface area contributed by atoms with Gasteiger partial charge in [-0.3, -0.25) is 4.55 Å². The Hall–Kier alpha value is -0.490. The second-order valence-corrected chi connectivity index (χ2v) is 18.1. The van der Waals surface area contributed by atoms with Gasteiger partial charge in [-0.25, -0.2) is 4.18 Å². The van der Waals surface area contributed by atoms with Crippen LogP contribution in [0.5, 0.6) is 0 Å². The van der Waals surface area contributed by atoms with Gasteiger partial charge in [-0.05, 0) is 91.3 Å². The van der Waals surface area contributed by atoms with Crippen molar-refractivity contribution in [3.63, 3.8) is 0 Å². The Morgan fingerprint density at radius 1 is 0.918 bits per heavy atom. The van der Waals surface area contributed by atoms with Gasteiger partial charge < -0.3 is 44.8 Å². The Balaban J connectivity index is 1.40. The third-order valence-electron chi connectivity index (χ3n) is 14.1. The summed E-state index contributed by atoms with van der Waals surface area (Å²) in [6.07, 6.45) is -3.01. The molecule has 1 heterocycles. The lowest BCUT2D eigenvalue weighted by Gasteiger charge is -2.66. The van der Waals surface area contributed by atoms with Crippen molar-refractivity contribution < 1.29 is 62.0 Å². The Morgan fingerprint density at radius 3 is 2.20 bits per heavy atom. The number of ether oxygens (including phenoxy) is 3. The zero-order chi connectivity index (χ0) is 36.3. The van der Waals surface area contributed by atoms with Crippen LogP contribution in [0.15, 0.2) is 0 Å². The minimum Gasteiger partial charge on any atom is -0.396 e. The van der Waals surface area contributed by atoms with E-state index < -0.39 is 81.6 Å². The highest BCUT2D eigenvalue weighted by atomic mass is 32.3. The summed E-state index contributed by atoms with van der Waals surface area (Å²) < 4.78 is 56.9. The van der Waals surface area contributed by atoms with Gasteiger partial charge in [0.2, 0.25) is 0 Å². The lowest BCUT2D eigenvalue weighted by atomic mass is 9.41. The van der Waals surface area contributed by atoms with Crippen molar-refractivity contribution >= 4 is 10.4 Å². The average Bonchev–Trinajstić information content (AvgIpc) is 3.22. The van der Waals surface area contributed by atoms with Gasteiger partial charge in [0.15, 0.2) is 6.29 Å². The number of aliphatic hydroxyl groups is 6. The first-order chi connectivity index (χ1) is 22.8. The highest BCUT2D eigenvalue weighted by Crippen LogP contribution is 2.70. The topological polar surface area (TPSA) is 213 Å². The fourth-order valence-electron chi connectivity index (χ4n) is 11.8. The minimum absolute atomic E-state index is 0.0148. The molecule has 1 saturated heterocycles. The maximum absolute atomic E-state index is 12.9. The summed E-state index contributed by atoms with van der Waals surface area (Å²) in [6, 6.07) is 0. The summed E-state index contributed by atoms with van der Waals surface area (Å²) in [5, 5.41) is 66.8. The van der Waals surface area contributed by atoms with Crippen LogP contribution >= 0.6 is 0 Å². The van der Waals surface area contributed by atoms with Crippen LogP contribution < -0.4 is 0 Å². The van der Waals surface area contributed by atoms with Crippen LogP contribution in [0.1, 0.15) is 92.4 Å². The maximum Gasteiger partial charge on any atom is 0.397 e. The molecule has 1 aliphatic heterocycles. The number of rotatable bonds is 12. The molecule has 286 valence electrons. The van der Waals surface area contributed by atoms with Gasteiger partial charge in [0.1, 0.15) is 24.4 Å². The smallest absolute Gasteiger partial charge is 0.396 e. The molecule has 4 aliphatic carbocycles.